The van der Waals surface area contributed by atoms with E-state index in [9.17, 15) is 8.78 Å². The summed E-state index contributed by atoms with van der Waals surface area (Å²) in [6.07, 6.45) is 0. The number of anilines is 1. The fourth-order valence-corrected chi connectivity index (χ4v) is 1.98. The highest BCUT2D eigenvalue weighted by Crippen LogP contribution is 2.31. The molecule has 0 amide bonds. The van der Waals surface area contributed by atoms with E-state index in [4.69, 9.17) is 10.3 Å². The Morgan fingerprint density at radius 2 is 1.68 bits per heavy atom. The smallest absolute Gasteiger partial charge is 0.387 e. The minimum atomic E-state index is -2.93. The van der Waals surface area contributed by atoms with Crippen LogP contribution in [-0.2, 0) is 0 Å². The predicted octanol–water partition coefficient (Wildman–Crippen LogP) is 3.59. The van der Waals surface area contributed by atoms with E-state index in [0.717, 1.165) is 0 Å². The minimum Gasteiger partial charge on any atom is -0.434 e. The Morgan fingerprint density at radius 3 is 2.41 bits per heavy atom. The molecule has 0 saturated carbocycles. The molecule has 3 rings (SSSR count). The van der Waals surface area contributed by atoms with Crippen molar-refractivity contribution in [3.05, 3.63) is 48.5 Å². The van der Waals surface area contributed by atoms with E-state index in [1.165, 1.54) is 6.07 Å². The van der Waals surface area contributed by atoms with Gasteiger partial charge in [0.2, 0.25) is 5.82 Å². The standard InChI is InChI=1S/C15H11F2N3O2/c16-15(17)21-12-8-4-2-6-10(12)13-19-14(22-20-13)9-5-1-3-7-11(9)18/h1-8,15H,18H2. The van der Waals surface area contributed by atoms with Crippen LogP contribution in [0.15, 0.2) is 53.1 Å². The Morgan fingerprint density at radius 1 is 1.00 bits per heavy atom. The second-order valence-electron chi connectivity index (χ2n) is 4.39. The van der Waals surface area contributed by atoms with E-state index in [2.05, 4.69) is 14.9 Å². The van der Waals surface area contributed by atoms with Crippen molar-refractivity contribution < 1.29 is 18.0 Å². The molecule has 0 spiro atoms. The zero-order valence-electron chi connectivity index (χ0n) is 11.2. The molecule has 112 valence electrons. The van der Waals surface area contributed by atoms with Gasteiger partial charge in [0.05, 0.1) is 11.1 Å². The van der Waals surface area contributed by atoms with Gasteiger partial charge < -0.3 is 15.0 Å². The SMILES string of the molecule is Nc1ccccc1-c1nc(-c2ccccc2OC(F)F)no1. The lowest BCUT2D eigenvalue weighted by Crippen LogP contribution is -2.03. The number of rotatable bonds is 4. The van der Waals surface area contributed by atoms with Gasteiger partial charge in [-0.25, -0.2) is 0 Å². The summed E-state index contributed by atoms with van der Waals surface area (Å²) in [5, 5.41) is 3.81. The average molecular weight is 303 g/mol. The van der Waals surface area contributed by atoms with E-state index >= 15 is 0 Å². The Labute approximate surface area is 124 Å². The van der Waals surface area contributed by atoms with E-state index in [-0.39, 0.29) is 17.5 Å². The second kappa shape index (κ2) is 5.80. The minimum absolute atomic E-state index is 0.0223. The topological polar surface area (TPSA) is 74.2 Å². The Bertz CT molecular complexity index is 790. The van der Waals surface area contributed by atoms with Gasteiger partial charge in [-0.05, 0) is 24.3 Å². The first-order chi connectivity index (χ1) is 10.6. The van der Waals surface area contributed by atoms with Crippen LogP contribution in [0.4, 0.5) is 14.5 Å². The van der Waals surface area contributed by atoms with E-state index in [1.54, 1.807) is 42.5 Å². The summed E-state index contributed by atoms with van der Waals surface area (Å²) in [5.74, 6) is 0.334. The average Bonchev–Trinajstić information content (AvgIpc) is 2.97. The molecule has 0 aliphatic heterocycles. The van der Waals surface area contributed by atoms with Gasteiger partial charge in [-0.2, -0.15) is 13.8 Å². The fraction of sp³-hybridized carbons (Fsp3) is 0.0667. The quantitative estimate of drug-likeness (QED) is 0.746. The molecule has 0 fully saturated rings. The molecule has 5 nitrogen and oxygen atoms in total. The zero-order valence-corrected chi connectivity index (χ0v) is 11.2. The lowest BCUT2D eigenvalue weighted by atomic mass is 10.1. The maximum Gasteiger partial charge on any atom is 0.387 e. The monoisotopic (exact) mass is 303 g/mol. The van der Waals surface area contributed by atoms with Crippen molar-refractivity contribution in [1.29, 1.82) is 0 Å². The van der Waals surface area contributed by atoms with Crippen LogP contribution in [0.2, 0.25) is 0 Å². The summed E-state index contributed by atoms with van der Waals surface area (Å²) in [6.45, 7) is -2.93. The van der Waals surface area contributed by atoms with Crippen LogP contribution >= 0.6 is 0 Å². The first kappa shape index (κ1) is 14.0. The van der Waals surface area contributed by atoms with Crippen molar-refractivity contribution >= 4 is 5.69 Å². The van der Waals surface area contributed by atoms with Crippen molar-refractivity contribution in [2.75, 3.05) is 5.73 Å². The van der Waals surface area contributed by atoms with Crippen molar-refractivity contribution in [1.82, 2.24) is 10.1 Å². The molecule has 0 unspecified atom stereocenters. The van der Waals surface area contributed by atoms with Gasteiger partial charge in [0.25, 0.3) is 5.89 Å². The van der Waals surface area contributed by atoms with Gasteiger partial charge in [0.1, 0.15) is 5.75 Å². The summed E-state index contributed by atoms with van der Waals surface area (Å²) < 4.78 is 34.5. The third kappa shape index (κ3) is 2.73. The molecule has 2 aromatic carbocycles. The summed E-state index contributed by atoms with van der Waals surface area (Å²) in [4.78, 5) is 4.20. The van der Waals surface area contributed by atoms with Crippen LogP contribution in [0.25, 0.3) is 22.8 Å². The number of aromatic nitrogens is 2. The van der Waals surface area contributed by atoms with Crippen molar-refractivity contribution in [2.24, 2.45) is 0 Å². The summed E-state index contributed by atoms with van der Waals surface area (Å²) in [6, 6.07) is 13.2. The van der Waals surface area contributed by atoms with E-state index < -0.39 is 6.61 Å². The summed E-state index contributed by atoms with van der Waals surface area (Å²) in [5.41, 5.74) is 7.22. The maximum atomic E-state index is 12.4. The number of hydrogen-bond donors (Lipinski definition) is 1. The van der Waals surface area contributed by atoms with Crippen LogP contribution < -0.4 is 10.5 Å². The highest BCUT2D eigenvalue weighted by atomic mass is 19.3. The normalized spacial score (nSPS) is 10.9. The molecule has 3 aromatic rings. The zero-order chi connectivity index (χ0) is 15.5. The largest absolute Gasteiger partial charge is 0.434 e. The number of benzene rings is 2. The van der Waals surface area contributed by atoms with Crippen LogP contribution in [0.1, 0.15) is 0 Å². The first-order valence-electron chi connectivity index (χ1n) is 6.38. The van der Waals surface area contributed by atoms with Crippen molar-refractivity contribution in [2.45, 2.75) is 6.61 Å². The van der Waals surface area contributed by atoms with Gasteiger partial charge >= 0.3 is 6.61 Å². The molecule has 22 heavy (non-hydrogen) atoms. The lowest BCUT2D eigenvalue weighted by molar-refractivity contribution is -0.0494. The summed E-state index contributed by atoms with van der Waals surface area (Å²) >= 11 is 0. The third-order valence-electron chi connectivity index (χ3n) is 2.96. The molecule has 0 bridgehead atoms. The Hall–Kier alpha value is -2.96. The Kier molecular flexibility index (Phi) is 3.69. The number of halogens is 2. The van der Waals surface area contributed by atoms with Gasteiger partial charge in [-0.15, -0.1) is 0 Å². The van der Waals surface area contributed by atoms with Gasteiger partial charge in [-0.1, -0.05) is 29.4 Å². The number of nitrogens with zero attached hydrogens (tertiary/aromatic N) is 2. The van der Waals surface area contributed by atoms with Crippen LogP contribution in [0.5, 0.6) is 5.75 Å². The maximum absolute atomic E-state index is 12.4. The highest BCUT2D eigenvalue weighted by molar-refractivity contribution is 5.72. The number of nitrogens with two attached hydrogens (primary N) is 1. The number of alkyl halides is 2. The number of nitrogen functional groups attached to an aromatic ring is 1. The molecular weight excluding hydrogens is 292 g/mol. The number of ether oxygens (including phenoxy) is 1. The summed E-state index contributed by atoms with van der Waals surface area (Å²) in [7, 11) is 0. The molecular formula is C15H11F2N3O2. The van der Waals surface area contributed by atoms with Crippen LogP contribution in [-0.4, -0.2) is 16.8 Å². The molecule has 1 heterocycles. The number of para-hydroxylation sites is 2. The fourth-order valence-electron chi connectivity index (χ4n) is 1.98. The van der Waals surface area contributed by atoms with Crippen molar-refractivity contribution in [3.63, 3.8) is 0 Å². The molecule has 0 atom stereocenters. The molecule has 0 aliphatic carbocycles. The molecule has 7 heteroatoms. The van der Waals surface area contributed by atoms with E-state index in [0.29, 0.717) is 16.8 Å². The van der Waals surface area contributed by atoms with Crippen LogP contribution in [0, 0.1) is 0 Å². The van der Waals surface area contributed by atoms with Gasteiger partial charge in [0, 0.05) is 5.69 Å². The van der Waals surface area contributed by atoms with Gasteiger partial charge in [0.15, 0.2) is 0 Å². The first-order valence-corrected chi connectivity index (χ1v) is 6.38. The third-order valence-corrected chi connectivity index (χ3v) is 2.96. The van der Waals surface area contributed by atoms with E-state index in [1.807, 2.05) is 0 Å². The van der Waals surface area contributed by atoms with Crippen molar-refractivity contribution in [3.8, 4) is 28.6 Å². The lowest BCUT2D eigenvalue weighted by Gasteiger charge is -2.07. The highest BCUT2D eigenvalue weighted by Gasteiger charge is 2.17. The molecule has 1 aromatic heterocycles. The molecule has 0 saturated heterocycles. The second-order valence-corrected chi connectivity index (χ2v) is 4.39. The molecule has 0 radical (unpaired) electrons. The molecule has 2 N–H and O–H groups in total. The Balaban J connectivity index is 2.00. The van der Waals surface area contributed by atoms with Gasteiger partial charge in [-0.3, -0.25) is 0 Å². The predicted molar refractivity (Wildman–Crippen MR) is 76.2 cm³/mol. The van der Waals surface area contributed by atoms with Crippen LogP contribution in [0.3, 0.4) is 0 Å². The molecule has 0 aliphatic rings. The number of hydrogen-bond acceptors (Lipinski definition) is 5.